The van der Waals surface area contributed by atoms with Gasteiger partial charge in [0.05, 0.1) is 0 Å². The molecule has 2 aromatic rings. The van der Waals surface area contributed by atoms with E-state index in [1.165, 1.54) is 6.92 Å². The molecule has 0 aliphatic carbocycles. The number of aliphatic hydroxyl groups is 1. The molecule has 0 radical (unpaired) electrons. The Balaban J connectivity index is 1.65. The Hall–Kier alpha value is -2.66. The molecule has 1 fully saturated rings. The molecule has 136 valence electrons. The Morgan fingerprint density at radius 3 is 2.27 bits per heavy atom. The first kappa shape index (κ1) is 18.1. The minimum absolute atomic E-state index is 0.00250. The van der Waals surface area contributed by atoms with E-state index in [4.69, 9.17) is 5.11 Å². The Morgan fingerprint density at radius 1 is 1.08 bits per heavy atom. The Bertz CT molecular complexity index is 769. The van der Waals surface area contributed by atoms with Crippen molar-refractivity contribution in [2.45, 2.75) is 25.8 Å². The summed E-state index contributed by atoms with van der Waals surface area (Å²) in [4.78, 5) is 25.6. The van der Waals surface area contributed by atoms with E-state index >= 15 is 0 Å². The number of carbonyl (C=O) groups excluding carboxylic acids is 2. The minimum Gasteiger partial charge on any atom is -0.396 e. The maximum atomic E-state index is 12.6. The molecule has 1 aliphatic rings. The highest BCUT2D eigenvalue weighted by molar-refractivity contribution is 5.95. The van der Waals surface area contributed by atoms with Crippen molar-refractivity contribution in [1.82, 2.24) is 10.2 Å². The first-order chi connectivity index (χ1) is 12.6. The van der Waals surface area contributed by atoms with Crippen LogP contribution in [0.4, 0.5) is 0 Å². The summed E-state index contributed by atoms with van der Waals surface area (Å²) in [7, 11) is 0. The third-order valence-electron chi connectivity index (χ3n) is 4.70. The molecule has 0 aromatic heterocycles. The van der Waals surface area contributed by atoms with Crippen LogP contribution in [0.25, 0.3) is 11.1 Å². The number of hydrogen-bond donors (Lipinski definition) is 2. The quantitative estimate of drug-likeness (QED) is 0.867. The van der Waals surface area contributed by atoms with Gasteiger partial charge in [-0.15, -0.1) is 0 Å². The highest BCUT2D eigenvalue weighted by Crippen LogP contribution is 2.22. The summed E-state index contributed by atoms with van der Waals surface area (Å²) in [6.45, 7) is 2.87. The summed E-state index contributed by atoms with van der Waals surface area (Å²) in [5.74, 6) is -0.0543. The minimum atomic E-state index is -0.0568. The van der Waals surface area contributed by atoms with E-state index in [1.807, 2.05) is 48.5 Å². The smallest absolute Gasteiger partial charge is 0.253 e. The lowest BCUT2D eigenvalue weighted by atomic mass is 10.0. The fraction of sp³-hybridized carbons (Fsp3) is 0.333. The van der Waals surface area contributed by atoms with Crippen LogP contribution >= 0.6 is 0 Å². The van der Waals surface area contributed by atoms with Crippen LogP contribution in [0.2, 0.25) is 0 Å². The second-order valence-electron chi connectivity index (χ2n) is 6.69. The zero-order valence-corrected chi connectivity index (χ0v) is 14.9. The Labute approximate surface area is 153 Å². The van der Waals surface area contributed by atoms with Gasteiger partial charge in [-0.1, -0.05) is 36.4 Å². The highest BCUT2D eigenvalue weighted by Gasteiger charge is 2.27. The maximum absolute atomic E-state index is 12.6. The number of carbonyl (C=O) groups is 2. The van der Waals surface area contributed by atoms with Crippen molar-refractivity contribution < 1.29 is 14.7 Å². The van der Waals surface area contributed by atoms with Gasteiger partial charge in [-0.25, -0.2) is 0 Å². The predicted octanol–water partition coefficient (Wildman–Crippen LogP) is 2.24. The van der Waals surface area contributed by atoms with Gasteiger partial charge in [0.15, 0.2) is 0 Å². The molecule has 5 heteroatoms. The fourth-order valence-corrected chi connectivity index (χ4v) is 3.33. The average molecular weight is 352 g/mol. The molecule has 2 aromatic carbocycles. The van der Waals surface area contributed by atoms with Gasteiger partial charge in [0.25, 0.3) is 5.91 Å². The lowest BCUT2D eigenvalue weighted by Crippen LogP contribution is -2.37. The number of amides is 2. The van der Waals surface area contributed by atoms with Crippen molar-refractivity contribution in [3.63, 3.8) is 0 Å². The van der Waals surface area contributed by atoms with Crippen molar-refractivity contribution in [3.8, 4) is 11.1 Å². The van der Waals surface area contributed by atoms with Crippen LogP contribution in [0.15, 0.2) is 48.5 Å². The Morgan fingerprint density at radius 2 is 1.69 bits per heavy atom. The second-order valence-corrected chi connectivity index (χ2v) is 6.69. The third kappa shape index (κ3) is 4.29. The van der Waals surface area contributed by atoms with Gasteiger partial charge in [0, 0.05) is 38.2 Å². The number of likely N-dealkylation sites (tertiary alicyclic amines) is 1. The summed E-state index contributed by atoms with van der Waals surface area (Å²) in [6, 6.07) is 15.7. The predicted molar refractivity (Wildman–Crippen MR) is 101 cm³/mol. The van der Waals surface area contributed by atoms with Crippen LogP contribution in [0.1, 0.15) is 29.3 Å². The molecular weight excluding hydrogens is 328 g/mol. The molecule has 1 atom stereocenters. The molecule has 26 heavy (non-hydrogen) atoms. The van der Waals surface area contributed by atoms with Crippen LogP contribution in [-0.4, -0.2) is 47.6 Å². The lowest BCUT2D eigenvalue weighted by molar-refractivity contribution is -0.119. The molecule has 0 spiro atoms. The van der Waals surface area contributed by atoms with Crippen molar-refractivity contribution in [1.29, 1.82) is 0 Å². The van der Waals surface area contributed by atoms with E-state index < -0.39 is 0 Å². The zero-order valence-electron chi connectivity index (χ0n) is 14.9. The molecule has 0 bridgehead atoms. The number of aliphatic hydroxyl groups excluding tert-OH is 1. The van der Waals surface area contributed by atoms with E-state index in [2.05, 4.69) is 5.32 Å². The molecule has 2 N–H and O–H groups in total. The van der Waals surface area contributed by atoms with Crippen molar-refractivity contribution >= 4 is 11.8 Å². The highest BCUT2D eigenvalue weighted by atomic mass is 16.3. The molecule has 0 unspecified atom stereocenters. The van der Waals surface area contributed by atoms with Crippen LogP contribution < -0.4 is 5.32 Å². The van der Waals surface area contributed by atoms with Crippen molar-refractivity contribution in [2.75, 3.05) is 19.7 Å². The van der Waals surface area contributed by atoms with E-state index in [0.717, 1.165) is 23.1 Å². The maximum Gasteiger partial charge on any atom is 0.253 e. The molecule has 1 aliphatic heterocycles. The first-order valence-corrected chi connectivity index (χ1v) is 8.93. The van der Waals surface area contributed by atoms with Gasteiger partial charge in [0.1, 0.15) is 0 Å². The summed E-state index contributed by atoms with van der Waals surface area (Å²) in [5.41, 5.74) is 3.90. The number of benzene rings is 2. The van der Waals surface area contributed by atoms with Gasteiger partial charge >= 0.3 is 0 Å². The summed E-state index contributed by atoms with van der Waals surface area (Å²) in [5, 5.41) is 11.9. The third-order valence-corrected chi connectivity index (χ3v) is 4.70. The summed E-state index contributed by atoms with van der Waals surface area (Å²) >= 11 is 0. The fourth-order valence-electron chi connectivity index (χ4n) is 3.33. The van der Waals surface area contributed by atoms with E-state index in [9.17, 15) is 9.59 Å². The molecule has 0 saturated carbocycles. The van der Waals surface area contributed by atoms with E-state index in [-0.39, 0.29) is 24.5 Å². The molecule has 3 rings (SSSR count). The summed E-state index contributed by atoms with van der Waals surface area (Å²) in [6.07, 6.45) is 1.45. The van der Waals surface area contributed by atoms with Crippen LogP contribution in [-0.2, 0) is 11.2 Å². The van der Waals surface area contributed by atoms with Gasteiger partial charge in [-0.05, 0) is 41.7 Å². The number of rotatable bonds is 5. The van der Waals surface area contributed by atoms with E-state index in [0.29, 0.717) is 25.1 Å². The monoisotopic (exact) mass is 352 g/mol. The largest absolute Gasteiger partial charge is 0.396 e. The topological polar surface area (TPSA) is 69.6 Å². The standard InChI is InChI=1S/C21H24N2O3/c1-15(25)22-20-10-12-23(14-20)21(26)19-8-6-18(7-9-19)17-4-2-16(3-5-17)11-13-24/h2-9,20,24H,10-14H2,1H3,(H,22,25)/t20-/m0/s1. The number of hydrogen-bond acceptors (Lipinski definition) is 3. The Kier molecular flexibility index (Phi) is 5.68. The van der Waals surface area contributed by atoms with Gasteiger partial charge in [0.2, 0.25) is 5.91 Å². The average Bonchev–Trinajstić information content (AvgIpc) is 3.10. The van der Waals surface area contributed by atoms with Crippen molar-refractivity contribution in [2.24, 2.45) is 0 Å². The lowest BCUT2D eigenvalue weighted by Gasteiger charge is -2.17. The SMILES string of the molecule is CC(=O)N[C@H]1CCN(C(=O)c2ccc(-c3ccc(CCO)cc3)cc2)C1. The number of nitrogens with zero attached hydrogens (tertiary/aromatic N) is 1. The summed E-state index contributed by atoms with van der Waals surface area (Å²) < 4.78 is 0. The van der Waals surface area contributed by atoms with Gasteiger partial charge in [-0.2, -0.15) is 0 Å². The van der Waals surface area contributed by atoms with Crippen molar-refractivity contribution in [3.05, 3.63) is 59.7 Å². The van der Waals surface area contributed by atoms with E-state index in [1.54, 1.807) is 4.90 Å². The number of nitrogens with one attached hydrogen (secondary N) is 1. The molecular formula is C21H24N2O3. The van der Waals surface area contributed by atoms with Crippen LogP contribution in [0.3, 0.4) is 0 Å². The molecule has 5 nitrogen and oxygen atoms in total. The first-order valence-electron chi connectivity index (χ1n) is 8.93. The van der Waals surface area contributed by atoms with Gasteiger partial charge < -0.3 is 15.3 Å². The van der Waals surface area contributed by atoms with Crippen LogP contribution in [0, 0.1) is 0 Å². The normalized spacial score (nSPS) is 16.5. The van der Waals surface area contributed by atoms with Crippen LogP contribution in [0.5, 0.6) is 0 Å². The van der Waals surface area contributed by atoms with Gasteiger partial charge in [-0.3, -0.25) is 9.59 Å². The second kappa shape index (κ2) is 8.15. The molecule has 1 saturated heterocycles. The zero-order chi connectivity index (χ0) is 18.5. The molecule has 2 amide bonds. The molecule has 1 heterocycles.